The molecule has 0 amide bonds. The van der Waals surface area contributed by atoms with E-state index >= 15 is 0 Å². The van der Waals surface area contributed by atoms with Crippen LogP contribution in [0.15, 0.2) is 17.1 Å². The van der Waals surface area contributed by atoms with Gasteiger partial charge >= 0.3 is 0 Å². The minimum Gasteiger partial charge on any atom is -0.496 e. The first-order valence-electron chi connectivity index (χ1n) is 4.59. The third-order valence-electron chi connectivity index (χ3n) is 2.10. The zero-order chi connectivity index (χ0) is 12.0. The van der Waals surface area contributed by atoms with Crippen molar-refractivity contribution in [1.82, 2.24) is 0 Å². The van der Waals surface area contributed by atoms with Crippen LogP contribution >= 0.6 is 12.2 Å². The minimum absolute atomic E-state index is 0.410. The van der Waals surface area contributed by atoms with Gasteiger partial charge in [0, 0.05) is 11.6 Å². The first-order valence-corrected chi connectivity index (χ1v) is 5.00. The molecule has 0 aliphatic rings. The quantitative estimate of drug-likeness (QED) is 0.584. The van der Waals surface area contributed by atoms with E-state index in [-0.39, 0.29) is 0 Å². The molecule has 0 radical (unpaired) electrons. The van der Waals surface area contributed by atoms with Crippen molar-refractivity contribution in [2.45, 2.75) is 6.54 Å². The van der Waals surface area contributed by atoms with Gasteiger partial charge in [-0.3, -0.25) is 0 Å². The fourth-order valence-electron chi connectivity index (χ4n) is 1.33. The Morgan fingerprint density at radius 3 is 2.12 bits per heavy atom. The molecule has 0 fully saturated rings. The maximum absolute atomic E-state index is 5.23. The summed E-state index contributed by atoms with van der Waals surface area (Å²) in [4.78, 5) is 3.87. The van der Waals surface area contributed by atoms with E-state index in [4.69, 9.17) is 14.2 Å². The highest BCUT2D eigenvalue weighted by Crippen LogP contribution is 2.34. The van der Waals surface area contributed by atoms with Gasteiger partial charge in [-0.15, -0.1) is 0 Å². The van der Waals surface area contributed by atoms with Crippen LogP contribution in [0.5, 0.6) is 17.2 Å². The van der Waals surface area contributed by atoms with E-state index in [2.05, 4.69) is 22.4 Å². The molecule has 16 heavy (non-hydrogen) atoms. The van der Waals surface area contributed by atoms with Crippen LogP contribution in [-0.2, 0) is 6.54 Å². The number of methoxy groups -OCH3 is 3. The lowest BCUT2D eigenvalue weighted by Gasteiger charge is -2.12. The van der Waals surface area contributed by atoms with E-state index in [0.717, 1.165) is 5.56 Å². The second kappa shape index (κ2) is 6.10. The third kappa shape index (κ3) is 2.72. The lowest BCUT2D eigenvalue weighted by atomic mass is 10.1. The van der Waals surface area contributed by atoms with Gasteiger partial charge in [0.2, 0.25) is 0 Å². The van der Waals surface area contributed by atoms with Crippen molar-refractivity contribution in [3.8, 4) is 17.2 Å². The Labute approximate surface area is 99.9 Å². The Kier molecular flexibility index (Phi) is 4.76. The summed E-state index contributed by atoms with van der Waals surface area (Å²) < 4.78 is 15.6. The average Bonchev–Trinajstić information content (AvgIpc) is 2.35. The highest BCUT2D eigenvalue weighted by atomic mass is 32.1. The number of hydrogen-bond donors (Lipinski definition) is 0. The van der Waals surface area contributed by atoms with Gasteiger partial charge in [-0.25, -0.2) is 4.99 Å². The van der Waals surface area contributed by atoms with Crippen LogP contribution < -0.4 is 14.2 Å². The largest absolute Gasteiger partial charge is 0.496 e. The fraction of sp³-hybridized carbons (Fsp3) is 0.364. The Bertz CT molecular complexity index is 414. The molecule has 0 aromatic heterocycles. The summed E-state index contributed by atoms with van der Waals surface area (Å²) >= 11 is 4.53. The number of hydrogen-bond acceptors (Lipinski definition) is 5. The Morgan fingerprint density at radius 1 is 1.06 bits per heavy atom. The van der Waals surface area contributed by atoms with Crippen LogP contribution in [-0.4, -0.2) is 26.5 Å². The molecule has 0 N–H and O–H groups in total. The van der Waals surface area contributed by atoms with Gasteiger partial charge in [0.1, 0.15) is 5.75 Å². The SMILES string of the molecule is COc1cc(OC)c(OC)cc1CN=C=S. The molecule has 0 saturated carbocycles. The second-order valence-electron chi connectivity index (χ2n) is 2.93. The van der Waals surface area contributed by atoms with Crippen molar-refractivity contribution < 1.29 is 14.2 Å². The topological polar surface area (TPSA) is 40.0 Å². The molecule has 5 heteroatoms. The van der Waals surface area contributed by atoms with Gasteiger partial charge in [-0.2, -0.15) is 0 Å². The third-order valence-corrected chi connectivity index (χ3v) is 2.23. The van der Waals surface area contributed by atoms with Crippen LogP contribution in [0.4, 0.5) is 0 Å². The molecule has 0 aliphatic heterocycles. The number of ether oxygens (including phenoxy) is 3. The van der Waals surface area contributed by atoms with E-state index in [1.165, 1.54) is 0 Å². The first-order chi connectivity index (χ1) is 7.76. The molecule has 1 aromatic carbocycles. The van der Waals surface area contributed by atoms with Crippen LogP contribution in [0, 0.1) is 0 Å². The molecular weight excluding hydrogens is 226 g/mol. The molecule has 0 aliphatic carbocycles. The van der Waals surface area contributed by atoms with Crippen molar-refractivity contribution in [1.29, 1.82) is 0 Å². The van der Waals surface area contributed by atoms with E-state index in [9.17, 15) is 0 Å². The van der Waals surface area contributed by atoms with Gasteiger partial charge < -0.3 is 14.2 Å². The predicted molar refractivity (Wildman–Crippen MR) is 64.8 cm³/mol. The first kappa shape index (κ1) is 12.5. The highest BCUT2D eigenvalue weighted by Gasteiger charge is 2.10. The van der Waals surface area contributed by atoms with Gasteiger partial charge in [0.15, 0.2) is 11.5 Å². The summed E-state index contributed by atoms with van der Waals surface area (Å²) in [6, 6.07) is 3.57. The van der Waals surface area contributed by atoms with Crippen LogP contribution in [0.2, 0.25) is 0 Å². The Morgan fingerprint density at radius 2 is 1.62 bits per heavy atom. The van der Waals surface area contributed by atoms with Crippen LogP contribution in [0.25, 0.3) is 0 Å². The van der Waals surface area contributed by atoms with Gasteiger partial charge in [-0.1, -0.05) is 0 Å². The number of nitrogens with zero attached hydrogens (tertiary/aromatic N) is 1. The van der Waals surface area contributed by atoms with E-state index in [1.807, 2.05) is 6.07 Å². The fourth-order valence-corrected chi connectivity index (χ4v) is 1.40. The van der Waals surface area contributed by atoms with E-state index < -0.39 is 0 Å². The Balaban J connectivity index is 3.19. The molecule has 4 nitrogen and oxygen atoms in total. The van der Waals surface area contributed by atoms with Gasteiger partial charge in [-0.05, 0) is 18.3 Å². The number of isothiocyanates is 1. The zero-order valence-corrected chi connectivity index (χ0v) is 10.3. The van der Waals surface area contributed by atoms with E-state index in [0.29, 0.717) is 23.8 Å². The van der Waals surface area contributed by atoms with E-state index in [1.54, 1.807) is 27.4 Å². The molecule has 1 rings (SSSR count). The standard InChI is InChI=1S/C11H13NO3S/c1-13-9-5-11(15-3)10(14-2)4-8(9)6-12-7-16/h4-5H,6H2,1-3H3. The van der Waals surface area contributed by atoms with Gasteiger partial charge in [0.05, 0.1) is 33.0 Å². The molecule has 0 spiro atoms. The summed E-state index contributed by atoms with van der Waals surface area (Å²) in [5.41, 5.74) is 0.873. The second-order valence-corrected chi connectivity index (χ2v) is 3.11. The van der Waals surface area contributed by atoms with Crippen molar-refractivity contribution in [2.24, 2.45) is 4.99 Å². The van der Waals surface area contributed by atoms with Crippen molar-refractivity contribution in [3.63, 3.8) is 0 Å². The van der Waals surface area contributed by atoms with Crippen molar-refractivity contribution >= 4 is 17.4 Å². The zero-order valence-electron chi connectivity index (χ0n) is 9.44. The molecule has 0 saturated heterocycles. The molecule has 0 unspecified atom stereocenters. The number of aliphatic imine (C=N–C) groups is 1. The number of rotatable bonds is 5. The lowest BCUT2D eigenvalue weighted by Crippen LogP contribution is -1.96. The maximum atomic E-state index is 5.23. The molecule has 1 aromatic rings. The summed E-state index contributed by atoms with van der Waals surface area (Å²) in [6.45, 7) is 0.410. The lowest BCUT2D eigenvalue weighted by molar-refractivity contribution is 0.347. The summed E-state index contributed by atoms with van der Waals surface area (Å²) in [7, 11) is 4.74. The average molecular weight is 239 g/mol. The van der Waals surface area contributed by atoms with Gasteiger partial charge in [0.25, 0.3) is 0 Å². The maximum Gasteiger partial charge on any atom is 0.164 e. The number of thiocarbonyl (C=S) groups is 1. The Hall–Kier alpha value is -1.58. The highest BCUT2D eigenvalue weighted by molar-refractivity contribution is 7.78. The minimum atomic E-state index is 0.410. The summed E-state index contributed by atoms with van der Waals surface area (Å²) in [5, 5.41) is 2.31. The molecule has 86 valence electrons. The smallest absolute Gasteiger partial charge is 0.164 e. The monoisotopic (exact) mass is 239 g/mol. The summed E-state index contributed by atoms with van der Waals surface area (Å²) in [5.74, 6) is 1.94. The predicted octanol–water partition coefficient (Wildman–Crippen LogP) is 2.32. The molecule has 0 bridgehead atoms. The van der Waals surface area contributed by atoms with Crippen LogP contribution in [0.3, 0.4) is 0 Å². The summed E-state index contributed by atoms with van der Waals surface area (Å²) in [6.07, 6.45) is 0. The normalized spacial score (nSPS) is 9.19. The van der Waals surface area contributed by atoms with Crippen LogP contribution in [0.1, 0.15) is 5.56 Å². The molecule has 0 heterocycles. The van der Waals surface area contributed by atoms with Crippen molar-refractivity contribution in [3.05, 3.63) is 17.7 Å². The molecular formula is C11H13NO3S. The number of benzene rings is 1. The van der Waals surface area contributed by atoms with Crippen molar-refractivity contribution in [2.75, 3.05) is 21.3 Å². The molecule has 0 atom stereocenters.